The van der Waals surface area contributed by atoms with Crippen LogP contribution in [0.15, 0.2) is 4.99 Å². The van der Waals surface area contributed by atoms with Gasteiger partial charge in [-0.2, -0.15) is 0 Å². The number of hydrogen-bond acceptors (Lipinski definition) is 1. The molecule has 101 valence electrons. The normalized spacial score (nSPS) is 12.5. The van der Waals surface area contributed by atoms with Gasteiger partial charge in [0.15, 0.2) is 0 Å². The van der Waals surface area contributed by atoms with E-state index >= 15 is 0 Å². The van der Waals surface area contributed by atoms with E-state index in [-0.39, 0.29) is 5.54 Å². The smallest absolute Gasteiger partial charge is 0.0548 e. The first kappa shape index (κ1) is 16.7. The average molecular weight is 238 g/mol. The third-order valence-corrected chi connectivity index (χ3v) is 3.24. The molecule has 0 rings (SSSR count). The van der Waals surface area contributed by atoms with Crippen LogP contribution in [-0.4, -0.2) is 11.8 Å². The summed E-state index contributed by atoms with van der Waals surface area (Å²) in [6.45, 7) is 10.5. The van der Waals surface area contributed by atoms with Crippen LogP contribution < -0.4 is 0 Å². The largest absolute Gasteiger partial charge is 0.291 e. The highest BCUT2D eigenvalue weighted by Gasteiger charge is 2.10. The van der Waals surface area contributed by atoms with Crippen LogP contribution in [0, 0.1) is 6.92 Å². The zero-order chi connectivity index (χ0) is 13.0. The van der Waals surface area contributed by atoms with Gasteiger partial charge in [0.05, 0.1) is 5.54 Å². The first-order chi connectivity index (χ1) is 8.12. The van der Waals surface area contributed by atoms with Gasteiger partial charge in [0.25, 0.3) is 0 Å². The Bertz CT molecular complexity index is 182. The third kappa shape index (κ3) is 11.9. The van der Waals surface area contributed by atoms with Crippen molar-refractivity contribution in [1.82, 2.24) is 0 Å². The molecule has 0 aromatic carbocycles. The lowest BCUT2D eigenvalue weighted by Gasteiger charge is -2.15. The summed E-state index contributed by atoms with van der Waals surface area (Å²) in [4.78, 5) is 4.55. The maximum absolute atomic E-state index is 4.55. The van der Waals surface area contributed by atoms with Crippen molar-refractivity contribution < 1.29 is 0 Å². The van der Waals surface area contributed by atoms with Gasteiger partial charge >= 0.3 is 0 Å². The lowest BCUT2D eigenvalue weighted by molar-refractivity contribution is 0.529. The molecular formula is C16H32N. The van der Waals surface area contributed by atoms with E-state index in [1.54, 1.807) is 0 Å². The molecule has 0 aromatic heterocycles. The molecule has 0 heterocycles. The van der Waals surface area contributed by atoms with Gasteiger partial charge in [-0.15, -0.1) is 0 Å². The molecule has 0 aliphatic rings. The molecule has 0 aliphatic carbocycles. The molecule has 0 N–H and O–H groups in total. The summed E-state index contributed by atoms with van der Waals surface area (Å²) in [6.07, 6.45) is 15.2. The topological polar surface area (TPSA) is 12.4 Å². The maximum atomic E-state index is 4.55. The molecule has 0 fully saturated rings. The fourth-order valence-corrected chi connectivity index (χ4v) is 1.75. The molecule has 0 atom stereocenters. The molecule has 0 saturated carbocycles. The number of rotatable bonds is 11. The van der Waals surface area contributed by atoms with E-state index in [2.05, 4.69) is 38.9 Å². The van der Waals surface area contributed by atoms with E-state index in [9.17, 15) is 0 Å². The standard InChI is InChI=1S/C16H32N/c1-5-7-8-9-10-11-12-13-14-15-17-16(3,4)6-2/h15H,2,5-14H2,1,3-4H3. The van der Waals surface area contributed by atoms with Gasteiger partial charge in [0.1, 0.15) is 0 Å². The van der Waals surface area contributed by atoms with Crippen molar-refractivity contribution in [3.05, 3.63) is 6.92 Å². The first-order valence-corrected chi connectivity index (χ1v) is 7.45. The van der Waals surface area contributed by atoms with Crippen LogP contribution in [0.5, 0.6) is 0 Å². The van der Waals surface area contributed by atoms with E-state index < -0.39 is 0 Å². The Kier molecular flexibility index (Phi) is 10.6. The Balaban J connectivity index is 3.24. The molecular weight excluding hydrogens is 206 g/mol. The van der Waals surface area contributed by atoms with Gasteiger partial charge in [0, 0.05) is 0 Å². The Labute approximate surface area is 109 Å². The van der Waals surface area contributed by atoms with E-state index in [1.165, 1.54) is 51.4 Å². The van der Waals surface area contributed by atoms with E-state index in [0.717, 1.165) is 12.8 Å². The molecule has 0 bridgehead atoms. The van der Waals surface area contributed by atoms with Gasteiger partial charge in [-0.3, -0.25) is 4.99 Å². The van der Waals surface area contributed by atoms with Crippen molar-refractivity contribution in [2.75, 3.05) is 0 Å². The van der Waals surface area contributed by atoms with Crippen LogP contribution in [0.25, 0.3) is 0 Å². The molecule has 0 aromatic rings. The Morgan fingerprint density at radius 3 is 2.00 bits per heavy atom. The van der Waals surface area contributed by atoms with Crippen LogP contribution in [-0.2, 0) is 0 Å². The summed E-state index contributed by atoms with van der Waals surface area (Å²) in [6, 6.07) is 0. The fraction of sp³-hybridized carbons (Fsp3) is 0.875. The number of unbranched alkanes of at least 4 members (excludes halogenated alkanes) is 8. The molecule has 0 unspecified atom stereocenters. The molecule has 1 heteroatoms. The van der Waals surface area contributed by atoms with Crippen molar-refractivity contribution in [3.8, 4) is 0 Å². The summed E-state index contributed by atoms with van der Waals surface area (Å²) < 4.78 is 0. The molecule has 0 spiro atoms. The lowest BCUT2D eigenvalue weighted by Crippen LogP contribution is -2.14. The maximum Gasteiger partial charge on any atom is 0.0548 e. The third-order valence-electron chi connectivity index (χ3n) is 3.24. The minimum absolute atomic E-state index is 0.0418. The minimum Gasteiger partial charge on any atom is -0.291 e. The van der Waals surface area contributed by atoms with Crippen LogP contribution in [0.3, 0.4) is 0 Å². The molecule has 1 nitrogen and oxygen atoms in total. The minimum atomic E-state index is 0.0418. The Morgan fingerprint density at radius 2 is 1.47 bits per heavy atom. The SMILES string of the molecule is [CH2]CC(C)(C)N=CCCCCCCCCCC. The predicted octanol–water partition coefficient (Wildman–Crippen LogP) is 5.59. The lowest BCUT2D eigenvalue weighted by atomic mass is 10.0. The summed E-state index contributed by atoms with van der Waals surface area (Å²) in [5.74, 6) is 0. The fourth-order valence-electron chi connectivity index (χ4n) is 1.75. The van der Waals surface area contributed by atoms with Crippen molar-refractivity contribution in [2.24, 2.45) is 4.99 Å². The van der Waals surface area contributed by atoms with Crippen molar-refractivity contribution in [2.45, 2.75) is 90.5 Å². The highest BCUT2D eigenvalue weighted by molar-refractivity contribution is 5.57. The van der Waals surface area contributed by atoms with E-state index in [1.807, 2.05) is 0 Å². The second-order valence-electron chi connectivity index (χ2n) is 5.64. The Hall–Kier alpha value is -0.330. The number of aliphatic imine (C=N–C) groups is 1. The van der Waals surface area contributed by atoms with Gasteiger partial charge < -0.3 is 0 Å². The van der Waals surface area contributed by atoms with Crippen molar-refractivity contribution in [1.29, 1.82) is 0 Å². The molecule has 17 heavy (non-hydrogen) atoms. The van der Waals surface area contributed by atoms with Crippen LogP contribution in [0.4, 0.5) is 0 Å². The number of nitrogens with zero attached hydrogens (tertiary/aromatic N) is 1. The van der Waals surface area contributed by atoms with Crippen LogP contribution >= 0.6 is 0 Å². The van der Waals surface area contributed by atoms with Gasteiger partial charge in [-0.1, -0.05) is 58.8 Å². The molecule has 0 amide bonds. The second-order valence-corrected chi connectivity index (χ2v) is 5.64. The average Bonchev–Trinajstić information content (AvgIpc) is 2.31. The van der Waals surface area contributed by atoms with Crippen LogP contribution in [0.1, 0.15) is 85.0 Å². The quantitative estimate of drug-likeness (QED) is 0.328. The Morgan fingerprint density at radius 1 is 0.941 bits per heavy atom. The summed E-state index contributed by atoms with van der Waals surface area (Å²) >= 11 is 0. The van der Waals surface area contributed by atoms with Gasteiger partial charge in [-0.25, -0.2) is 0 Å². The molecule has 0 saturated heterocycles. The summed E-state index contributed by atoms with van der Waals surface area (Å²) in [7, 11) is 0. The van der Waals surface area contributed by atoms with Crippen LogP contribution in [0.2, 0.25) is 0 Å². The highest BCUT2D eigenvalue weighted by atomic mass is 14.8. The van der Waals surface area contributed by atoms with Crippen molar-refractivity contribution in [3.63, 3.8) is 0 Å². The van der Waals surface area contributed by atoms with E-state index in [4.69, 9.17) is 0 Å². The zero-order valence-corrected chi connectivity index (χ0v) is 12.3. The summed E-state index contributed by atoms with van der Waals surface area (Å²) in [5, 5.41) is 0. The van der Waals surface area contributed by atoms with Gasteiger partial charge in [-0.05, 0) is 39.3 Å². The molecule has 0 aliphatic heterocycles. The van der Waals surface area contributed by atoms with Gasteiger partial charge in [0.2, 0.25) is 0 Å². The van der Waals surface area contributed by atoms with E-state index in [0.29, 0.717) is 0 Å². The second kappa shape index (κ2) is 10.8. The predicted molar refractivity (Wildman–Crippen MR) is 79.8 cm³/mol. The first-order valence-electron chi connectivity index (χ1n) is 7.45. The number of hydrogen-bond donors (Lipinski definition) is 0. The van der Waals surface area contributed by atoms with Crippen molar-refractivity contribution >= 4 is 6.21 Å². The zero-order valence-electron chi connectivity index (χ0n) is 12.3. The monoisotopic (exact) mass is 238 g/mol. The highest BCUT2D eigenvalue weighted by Crippen LogP contribution is 2.13. The molecule has 1 radical (unpaired) electrons. The summed E-state index contributed by atoms with van der Waals surface area (Å²) in [5.41, 5.74) is 0.0418.